The Hall–Kier alpha value is -5.37. The van der Waals surface area contributed by atoms with Gasteiger partial charge in [0.25, 0.3) is 5.91 Å². The SMILES string of the molecule is COc1c(F)ccc2c1[C@H](F)[C@@H](F)[C@H]2Nc1nccc2cc(-c3c4c(nc(CCc5ccc(F)cc5)c3-c3nnc(C)o3)C3CCCN3C4=O)sc12. The third-order valence-electron chi connectivity index (χ3n) is 10.2. The molecule has 0 saturated carbocycles. The molecule has 4 aromatic heterocycles. The van der Waals surface area contributed by atoms with E-state index in [1.165, 1.54) is 36.6 Å². The summed E-state index contributed by atoms with van der Waals surface area (Å²) >= 11 is 1.33. The van der Waals surface area contributed by atoms with E-state index in [9.17, 15) is 13.6 Å². The maximum atomic E-state index is 15.7. The van der Waals surface area contributed by atoms with Gasteiger partial charge in [0.1, 0.15) is 11.6 Å². The Kier molecular flexibility index (Phi) is 7.75. The molecular formula is C38H30F4N6O3S. The zero-order valence-corrected chi connectivity index (χ0v) is 28.7. The molecule has 3 aliphatic rings. The largest absolute Gasteiger partial charge is 0.493 e. The summed E-state index contributed by atoms with van der Waals surface area (Å²) in [4.78, 5) is 26.4. The minimum atomic E-state index is -2.11. The second kappa shape index (κ2) is 12.4. The number of amides is 1. The summed E-state index contributed by atoms with van der Waals surface area (Å²) in [6, 6.07) is 11.2. The number of aromatic nitrogens is 4. The van der Waals surface area contributed by atoms with Crippen LogP contribution in [0.2, 0.25) is 0 Å². The van der Waals surface area contributed by atoms with Crippen LogP contribution in [0.5, 0.6) is 5.75 Å². The first-order valence-corrected chi connectivity index (χ1v) is 17.8. The summed E-state index contributed by atoms with van der Waals surface area (Å²) in [6.45, 7) is 2.30. The number of nitrogens with zero attached hydrogens (tertiary/aromatic N) is 5. The summed E-state index contributed by atoms with van der Waals surface area (Å²) in [7, 11) is 1.22. The van der Waals surface area contributed by atoms with Gasteiger partial charge in [-0.25, -0.2) is 22.5 Å². The molecule has 0 radical (unpaired) electrons. The van der Waals surface area contributed by atoms with E-state index >= 15 is 8.78 Å². The lowest BCUT2D eigenvalue weighted by Crippen LogP contribution is -2.22. The molecule has 9 nitrogen and oxygen atoms in total. The van der Waals surface area contributed by atoms with E-state index in [1.807, 2.05) is 11.0 Å². The molecule has 264 valence electrons. The third-order valence-corrected chi connectivity index (χ3v) is 11.4. The number of aryl methyl sites for hydroxylation is 3. The van der Waals surface area contributed by atoms with Crippen molar-refractivity contribution in [2.75, 3.05) is 19.0 Å². The quantitative estimate of drug-likeness (QED) is 0.156. The Balaban J connectivity index is 1.20. The van der Waals surface area contributed by atoms with Gasteiger partial charge in [-0.05, 0) is 72.5 Å². The molecule has 0 bridgehead atoms. The van der Waals surface area contributed by atoms with E-state index < -0.39 is 24.2 Å². The molecule has 2 aliphatic heterocycles. The van der Waals surface area contributed by atoms with Crippen molar-refractivity contribution >= 4 is 33.1 Å². The van der Waals surface area contributed by atoms with Crippen molar-refractivity contribution in [3.63, 3.8) is 0 Å². The lowest BCUT2D eigenvalue weighted by molar-refractivity contribution is 0.0776. The first kappa shape index (κ1) is 32.5. The zero-order valence-electron chi connectivity index (χ0n) is 27.9. The van der Waals surface area contributed by atoms with Gasteiger partial charge in [-0.2, -0.15) is 0 Å². The number of hydrogen-bond acceptors (Lipinski definition) is 9. The van der Waals surface area contributed by atoms with Crippen LogP contribution in [0.25, 0.3) is 32.0 Å². The molecule has 6 aromatic rings. The van der Waals surface area contributed by atoms with E-state index in [2.05, 4.69) is 20.5 Å². The summed E-state index contributed by atoms with van der Waals surface area (Å²) in [5.41, 5.74) is 3.96. The third kappa shape index (κ3) is 5.06. The van der Waals surface area contributed by atoms with E-state index in [0.717, 1.165) is 29.9 Å². The molecule has 1 amide bonds. The number of fused-ring (bicyclic) bond motifs is 5. The number of nitrogens with one attached hydrogen (secondary N) is 1. The topological polar surface area (TPSA) is 106 Å². The van der Waals surface area contributed by atoms with Gasteiger partial charge in [-0.1, -0.05) is 18.2 Å². The number of rotatable bonds is 8. The lowest BCUT2D eigenvalue weighted by atomic mass is 9.93. The number of carbonyl (C=O) groups is 1. The fourth-order valence-corrected chi connectivity index (χ4v) is 9.03. The number of halogens is 4. The highest BCUT2D eigenvalue weighted by atomic mass is 32.1. The van der Waals surface area contributed by atoms with Crippen molar-refractivity contribution < 1.29 is 31.5 Å². The Bertz CT molecular complexity index is 2400. The average Bonchev–Trinajstić information content (AvgIpc) is 3.97. The Morgan fingerprint density at radius 3 is 2.63 bits per heavy atom. The lowest BCUT2D eigenvalue weighted by Gasteiger charge is -2.18. The first-order chi connectivity index (χ1) is 25.2. The zero-order chi connectivity index (χ0) is 35.8. The Labute approximate surface area is 298 Å². The molecule has 1 saturated heterocycles. The molecule has 0 spiro atoms. The van der Waals surface area contributed by atoms with Crippen LogP contribution >= 0.6 is 11.3 Å². The van der Waals surface area contributed by atoms with Crippen molar-refractivity contribution in [1.29, 1.82) is 0 Å². The van der Waals surface area contributed by atoms with Crippen molar-refractivity contribution in [2.24, 2.45) is 0 Å². The highest BCUT2D eigenvalue weighted by Gasteiger charge is 2.46. The fraction of sp³-hybridized carbons (Fsp3) is 0.289. The number of pyridine rings is 2. The maximum Gasteiger partial charge on any atom is 0.257 e. The Morgan fingerprint density at radius 1 is 1.04 bits per heavy atom. The molecule has 1 unspecified atom stereocenters. The first-order valence-electron chi connectivity index (χ1n) is 16.9. The van der Waals surface area contributed by atoms with Gasteiger partial charge in [0.2, 0.25) is 11.8 Å². The fourth-order valence-electron chi connectivity index (χ4n) is 7.87. The molecule has 1 fully saturated rings. The van der Waals surface area contributed by atoms with Gasteiger partial charge in [-0.3, -0.25) is 9.78 Å². The molecule has 2 aromatic carbocycles. The number of benzene rings is 2. The number of methoxy groups -OCH3 is 1. The number of carbonyl (C=O) groups excluding carboxylic acids is 1. The van der Waals surface area contributed by atoms with Gasteiger partial charge >= 0.3 is 0 Å². The summed E-state index contributed by atoms with van der Waals surface area (Å²) in [5.74, 6) is -0.701. The van der Waals surface area contributed by atoms with Crippen LogP contribution in [0.4, 0.5) is 23.4 Å². The van der Waals surface area contributed by atoms with Gasteiger partial charge < -0.3 is 19.4 Å². The van der Waals surface area contributed by atoms with E-state index in [-0.39, 0.29) is 40.5 Å². The Morgan fingerprint density at radius 2 is 1.87 bits per heavy atom. The summed E-state index contributed by atoms with van der Waals surface area (Å²) < 4.78 is 71.0. The molecule has 9 rings (SSSR count). The monoisotopic (exact) mass is 726 g/mol. The molecular weight excluding hydrogens is 697 g/mol. The summed E-state index contributed by atoms with van der Waals surface area (Å²) in [6.07, 6.45) is 0.0502. The highest BCUT2D eigenvalue weighted by molar-refractivity contribution is 7.23. The molecule has 1 aliphatic carbocycles. The normalized spacial score (nSPS) is 20.4. The minimum absolute atomic E-state index is 0.130. The number of hydrogen-bond donors (Lipinski definition) is 1. The van der Waals surface area contributed by atoms with Gasteiger partial charge in [0.15, 0.2) is 23.9 Å². The van der Waals surface area contributed by atoms with E-state index in [0.29, 0.717) is 68.8 Å². The van der Waals surface area contributed by atoms with Crippen molar-refractivity contribution in [1.82, 2.24) is 25.1 Å². The molecule has 52 heavy (non-hydrogen) atoms. The van der Waals surface area contributed by atoms with Crippen LogP contribution in [-0.4, -0.2) is 50.8 Å². The van der Waals surface area contributed by atoms with Crippen molar-refractivity contribution in [2.45, 2.75) is 57.0 Å². The number of ether oxygens (including phenoxy) is 1. The molecule has 14 heteroatoms. The minimum Gasteiger partial charge on any atom is -0.493 e. The van der Waals surface area contributed by atoms with Crippen LogP contribution in [-0.2, 0) is 12.8 Å². The smallest absolute Gasteiger partial charge is 0.257 e. The van der Waals surface area contributed by atoms with Crippen molar-refractivity contribution in [3.05, 3.63) is 106 Å². The predicted octanol–water partition coefficient (Wildman–Crippen LogP) is 8.59. The predicted molar refractivity (Wildman–Crippen MR) is 186 cm³/mol. The van der Waals surface area contributed by atoms with E-state index in [4.69, 9.17) is 14.1 Å². The van der Waals surface area contributed by atoms with Crippen LogP contribution < -0.4 is 10.1 Å². The molecule has 4 atom stereocenters. The van der Waals surface area contributed by atoms with Crippen LogP contribution in [0.1, 0.15) is 75.4 Å². The van der Waals surface area contributed by atoms with Crippen LogP contribution in [0, 0.1) is 18.6 Å². The van der Waals surface area contributed by atoms with Gasteiger partial charge in [0.05, 0.1) is 46.4 Å². The average molecular weight is 727 g/mol. The number of alkyl halides is 2. The number of thiophene rings is 1. The van der Waals surface area contributed by atoms with Crippen LogP contribution in [0.3, 0.4) is 0 Å². The molecule has 1 N–H and O–H groups in total. The van der Waals surface area contributed by atoms with Crippen LogP contribution in [0.15, 0.2) is 59.1 Å². The van der Waals surface area contributed by atoms with Crippen molar-refractivity contribution in [3.8, 4) is 27.6 Å². The molecule has 6 heterocycles. The summed E-state index contributed by atoms with van der Waals surface area (Å²) in [5, 5.41) is 12.3. The highest BCUT2D eigenvalue weighted by Crippen LogP contribution is 2.52. The van der Waals surface area contributed by atoms with Gasteiger partial charge in [0, 0.05) is 35.7 Å². The maximum absolute atomic E-state index is 15.7. The number of anilines is 1. The standard InChI is InChI=1S/C38H30F4N6O3S/c1-17-46-47-37(51-17)27-23(12-7-18-5-8-20(39)9-6-18)44-33-24-4-3-15-48(24)38(49)29(33)28(27)25-16-19-13-14-43-36(35(19)52-25)45-32-21-10-11-22(40)34(50-2)26(21)30(41)31(32)42/h5-6,8-11,13-14,16,24,30-32H,3-4,7,12,15H2,1-2H3,(H,43,45)/t24?,30-,31+,32-/m0/s1. The second-order valence-corrected chi connectivity index (χ2v) is 14.3. The van der Waals surface area contributed by atoms with Gasteiger partial charge in [-0.15, -0.1) is 21.5 Å². The van der Waals surface area contributed by atoms with E-state index in [1.54, 1.807) is 31.3 Å². The second-order valence-electron chi connectivity index (χ2n) is 13.2.